The first-order valence-corrected chi connectivity index (χ1v) is 9.22. The lowest BCUT2D eigenvalue weighted by Gasteiger charge is -2.25. The van der Waals surface area contributed by atoms with Crippen molar-refractivity contribution in [3.05, 3.63) is 24.3 Å². The monoisotopic (exact) mass is 465 g/mol. The van der Waals surface area contributed by atoms with E-state index in [1.54, 1.807) is 14.2 Å². The van der Waals surface area contributed by atoms with E-state index in [0.29, 0.717) is 12.6 Å². The van der Waals surface area contributed by atoms with Crippen LogP contribution in [-0.2, 0) is 0 Å². The lowest BCUT2D eigenvalue weighted by Crippen LogP contribution is -2.47. The van der Waals surface area contributed by atoms with Gasteiger partial charge in [0.2, 0.25) is 0 Å². The number of thioether (sulfide) groups is 1. The SMILES string of the molecule is CN=C(NCC(C)Oc1cccc(OC)c1)NC1CCCSC1.I. The van der Waals surface area contributed by atoms with Crippen molar-refractivity contribution < 1.29 is 9.47 Å². The maximum Gasteiger partial charge on any atom is 0.191 e. The molecule has 2 atom stereocenters. The number of ether oxygens (including phenoxy) is 2. The van der Waals surface area contributed by atoms with Crippen LogP contribution in [0.15, 0.2) is 29.3 Å². The van der Waals surface area contributed by atoms with Crippen LogP contribution in [0.4, 0.5) is 0 Å². The quantitative estimate of drug-likeness (QED) is 0.384. The summed E-state index contributed by atoms with van der Waals surface area (Å²) in [6.07, 6.45) is 2.51. The Labute approximate surface area is 166 Å². The Kier molecular flexibility index (Phi) is 10.3. The Morgan fingerprint density at radius 3 is 2.88 bits per heavy atom. The van der Waals surface area contributed by atoms with Crippen LogP contribution in [0.1, 0.15) is 19.8 Å². The zero-order chi connectivity index (χ0) is 16.5. The number of methoxy groups -OCH3 is 1. The molecule has 1 aliphatic heterocycles. The van der Waals surface area contributed by atoms with Gasteiger partial charge >= 0.3 is 0 Å². The van der Waals surface area contributed by atoms with Gasteiger partial charge in [-0.2, -0.15) is 11.8 Å². The van der Waals surface area contributed by atoms with Crippen molar-refractivity contribution >= 4 is 41.7 Å². The number of hydrogen-bond acceptors (Lipinski definition) is 4. The molecule has 1 saturated heterocycles. The molecule has 1 aromatic carbocycles. The molecule has 2 unspecified atom stereocenters. The highest BCUT2D eigenvalue weighted by Crippen LogP contribution is 2.20. The standard InChI is InChI=1S/C17H27N3O2S.HI/c1-13(22-16-8-4-7-15(10-16)21-3)11-19-17(18-2)20-14-6-5-9-23-12-14;/h4,7-8,10,13-14H,5-6,9,11-12H2,1-3H3,(H2,18,19,20);1H. The molecule has 5 nitrogen and oxygen atoms in total. The lowest BCUT2D eigenvalue weighted by atomic mass is 10.2. The second kappa shape index (κ2) is 11.7. The minimum Gasteiger partial charge on any atom is -0.497 e. The maximum atomic E-state index is 5.91. The summed E-state index contributed by atoms with van der Waals surface area (Å²) in [6.45, 7) is 2.73. The third-order valence-electron chi connectivity index (χ3n) is 3.66. The van der Waals surface area contributed by atoms with Crippen molar-refractivity contribution in [2.75, 3.05) is 32.2 Å². The molecule has 136 valence electrons. The summed E-state index contributed by atoms with van der Waals surface area (Å²) >= 11 is 2.00. The molecule has 2 rings (SSSR count). The van der Waals surface area contributed by atoms with Crippen molar-refractivity contribution in [3.8, 4) is 11.5 Å². The van der Waals surface area contributed by atoms with Crippen LogP contribution in [0.25, 0.3) is 0 Å². The summed E-state index contributed by atoms with van der Waals surface area (Å²) in [4.78, 5) is 4.30. The molecule has 0 aromatic heterocycles. The number of rotatable bonds is 6. The van der Waals surface area contributed by atoms with Crippen molar-refractivity contribution in [1.82, 2.24) is 10.6 Å². The van der Waals surface area contributed by atoms with Crippen LogP contribution in [0.2, 0.25) is 0 Å². The Morgan fingerprint density at radius 1 is 1.42 bits per heavy atom. The molecule has 1 heterocycles. The van der Waals surface area contributed by atoms with Crippen LogP contribution in [0.5, 0.6) is 11.5 Å². The molecule has 0 bridgehead atoms. The average molecular weight is 465 g/mol. The van der Waals surface area contributed by atoms with Gasteiger partial charge in [-0.25, -0.2) is 0 Å². The van der Waals surface area contributed by atoms with Gasteiger partial charge in [-0.15, -0.1) is 24.0 Å². The van der Waals surface area contributed by atoms with Gasteiger partial charge in [0.1, 0.15) is 17.6 Å². The largest absolute Gasteiger partial charge is 0.497 e. The first-order chi connectivity index (χ1) is 11.2. The number of nitrogens with one attached hydrogen (secondary N) is 2. The van der Waals surface area contributed by atoms with E-state index >= 15 is 0 Å². The average Bonchev–Trinajstić information content (AvgIpc) is 2.59. The van der Waals surface area contributed by atoms with Crippen LogP contribution in [0, 0.1) is 0 Å². The second-order valence-corrected chi connectivity index (χ2v) is 6.77. The van der Waals surface area contributed by atoms with Gasteiger partial charge in [0.05, 0.1) is 13.7 Å². The van der Waals surface area contributed by atoms with Gasteiger partial charge in [-0.3, -0.25) is 4.99 Å². The molecule has 0 spiro atoms. The summed E-state index contributed by atoms with van der Waals surface area (Å²) in [7, 11) is 3.46. The fourth-order valence-electron chi connectivity index (χ4n) is 2.43. The summed E-state index contributed by atoms with van der Waals surface area (Å²) in [6, 6.07) is 8.17. The zero-order valence-corrected chi connectivity index (χ0v) is 17.7. The highest BCUT2D eigenvalue weighted by molar-refractivity contribution is 14.0. The molecular formula is C17H28IN3O2S. The van der Waals surface area contributed by atoms with E-state index in [-0.39, 0.29) is 30.1 Å². The van der Waals surface area contributed by atoms with Crippen LogP contribution < -0.4 is 20.1 Å². The Balaban J connectivity index is 0.00000288. The van der Waals surface area contributed by atoms with E-state index in [9.17, 15) is 0 Å². The zero-order valence-electron chi connectivity index (χ0n) is 14.6. The second-order valence-electron chi connectivity index (χ2n) is 5.62. The third-order valence-corrected chi connectivity index (χ3v) is 4.88. The number of nitrogens with zero attached hydrogens (tertiary/aromatic N) is 1. The van der Waals surface area contributed by atoms with E-state index in [1.807, 2.05) is 43.0 Å². The van der Waals surface area contributed by atoms with E-state index in [0.717, 1.165) is 23.2 Å². The van der Waals surface area contributed by atoms with Crippen molar-refractivity contribution in [3.63, 3.8) is 0 Å². The molecule has 1 aliphatic rings. The van der Waals surface area contributed by atoms with E-state index in [1.165, 1.54) is 18.6 Å². The molecule has 2 N–H and O–H groups in total. The molecule has 1 fully saturated rings. The Morgan fingerprint density at radius 2 is 2.21 bits per heavy atom. The van der Waals surface area contributed by atoms with Gasteiger partial charge in [0, 0.05) is 24.9 Å². The van der Waals surface area contributed by atoms with Crippen LogP contribution in [0.3, 0.4) is 0 Å². The van der Waals surface area contributed by atoms with Crippen LogP contribution >= 0.6 is 35.7 Å². The van der Waals surface area contributed by atoms with Crippen molar-refractivity contribution in [2.45, 2.75) is 31.9 Å². The maximum absolute atomic E-state index is 5.91. The highest BCUT2D eigenvalue weighted by Gasteiger charge is 2.15. The fourth-order valence-corrected chi connectivity index (χ4v) is 3.50. The molecule has 0 radical (unpaired) electrons. The number of halogens is 1. The summed E-state index contributed by atoms with van der Waals surface area (Å²) in [5.74, 6) is 4.88. The number of aliphatic imine (C=N–C) groups is 1. The summed E-state index contributed by atoms with van der Waals surface area (Å²) in [5.41, 5.74) is 0. The molecule has 1 aromatic rings. The van der Waals surface area contributed by atoms with E-state index < -0.39 is 0 Å². The highest BCUT2D eigenvalue weighted by atomic mass is 127. The smallest absolute Gasteiger partial charge is 0.191 e. The molecule has 0 saturated carbocycles. The third kappa shape index (κ3) is 7.38. The topological polar surface area (TPSA) is 54.9 Å². The molecular weight excluding hydrogens is 437 g/mol. The minimum absolute atomic E-state index is 0. The van der Waals surface area contributed by atoms with Gasteiger partial charge in [0.25, 0.3) is 0 Å². The van der Waals surface area contributed by atoms with Gasteiger partial charge in [-0.1, -0.05) is 6.07 Å². The first kappa shape index (κ1) is 21.2. The summed E-state index contributed by atoms with van der Waals surface area (Å²) < 4.78 is 11.1. The molecule has 0 amide bonds. The minimum atomic E-state index is 0. The summed E-state index contributed by atoms with van der Waals surface area (Å²) in [5, 5.41) is 6.82. The normalized spacial score (nSPS) is 19.0. The molecule has 7 heteroatoms. The molecule has 0 aliphatic carbocycles. The number of guanidine groups is 1. The predicted octanol–water partition coefficient (Wildman–Crippen LogP) is 3.14. The van der Waals surface area contributed by atoms with E-state index in [2.05, 4.69) is 15.6 Å². The van der Waals surface area contributed by atoms with Gasteiger partial charge < -0.3 is 20.1 Å². The number of benzene rings is 1. The lowest BCUT2D eigenvalue weighted by molar-refractivity contribution is 0.222. The predicted molar refractivity (Wildman–Crippen MR) is 113 cm³/mol. The first-order valence-electron chi connectivity index (χ1n) is 8.07. The van der Waals surface area contributed by atoms with Gasteiger partial charge in [-0.05, 0) is 37.7 Å². The van der Waals surface area contributed by atoms with E-state index in [4.69, 9.17) is 9.47 Å². The Bertz CT molecular complexity index is 510. The molecule has 24 heavy (non-hydrogen) atoms. The van der Waals surface area contributed by atoms with Crippen molar-refractivity contribution in [2.24, 2.45) is 4.99 Å². The Hall–Kier alpha value is -0.830. The number of hydrogen-bond donors (Lipinski definition) is 2. The van der Waals surface area contributed by atoms with Crippen molar-refractivity contribution in [1.29, 1.82) is 0 Å². The van der Waals surface area contributed by atoms with Gasteiger partial charge in [0.15, 0.2) is 5.96 Å². The fraction of sp³-hybridized carbons (Fsp3) is 0.588. The van der Waals surface area contributed by atoms with Crippen LogP contribution in [-0.4, -0.2) is 50.3 Å².